The number of benzene rings is 1. The van der Waals surface area contributed by atoms with E-state index in [-0.39, 0.29) is 6.10 Å². The minimum Gasteiger partial charge on any atom is -0.391 e. The van der Waals surface area contributed by atoms with E-state index in [4.69, 9.17) is 0 Å². The number of thioether (sulfide) groups is 1. The first-order valence-corrected chi connectivity index (χ1v) is 5.94. The first-order valence-electron chi connectivity index (χ1n) is 4.95. The van der Waals surface area contributed by atoms with E-state index >= 15 is 0 Å². The highest BCUT2D eigenvalue weighted by Gasteiger charge is 2.24. The van der Waals surface area contributed by atoms with Gasteiger partial charge in [-0.15, -0.1) is 11.8 Å². The molecule has 0 bridgehead atoms. The molecule has 1 saturated heterocycles. The summed E-state index contributed by atoms with van der Waals surface area (Å²) < 4.78 is 0. The van der Waals surface area contributed by atoms with E-state index in [0.29, 0.717) is 6.04 Å². The summed E-state index contributed by atoms with van der Waals surface area (Å²) in [6.07, 6.45) is 0.894. The number of hydrogen-bond donors (Lipinski definition) is 2. The van der Waals surface area contributed by atoms with Crippen LogP contribution in [0.4, 0.5) is 0 Å². The molecule has 0 amide bonds. The fraction of sp³-hybridized carbons (Fsp3) is 0.455. The van der Waals surface area contributed by atoms with Crippen molar-refractivity contribution in [3.05, 3.63) is 30.3 Å². The van der Waals surface area contributed by atoms with Crippen molar-refractivity contribution in [3.8, 4) is 0 Å². The van der Waals surface area contributed by atoms with Gasteiger partial charge in [0, 0.05) is 16.7 Å². The molecule has 0 saturated carbocycles. The lowest BCUT2D eigenvalue weighted by Crippen LogP contribution is -2.51. The molecule has 0 spiro atoms. The Balaban J connectivity index is 1.76. The maximum absolute atomic E-state index is 9.75. The molecule has 14 heavy (non-hydrogen) atoms. The minimum absolute atomic E-state index is 0.214. The van der Waals surface area contributed by atoms with E-state index in [0.717, 1.165) is 18.7 Å². The lowest BCUT2D eigenvalue weighted by Gasteiger charge is -2.31. The van der Waals surface area contributed by atoms with Gasteiger partial charge >= 0.3 is 0 Å². The first kappa shape index (κ1) is 10.0. The average Bonchev–Trinajstić information content (AvgIpc) is 2.14. The zero-order chi connectivity index (χ0) is 9.80. The highest BCUT2D eigenvalue weighted by molar-refractivity contribution is 7.99. The van der Waals surface area contributed by atoms with Crippen molar-refractivity contribution in [3.63, 3.8) is 0 Å². The monoisotopic (exact) mass is 209 g/mol. The zero-order valence-electron chi connectivity index (χ0n) is 8.02. The standard InChI is InChI=1S/C11H15NOS/c13-11(10-6-7-12-10)8-14-9-4-2-1-3-5-9/h1-5,10-13H,6-8H2/t10-,11+/m0/s1. The van der Waals surface area contributed by atoms with Gasteiger partial charge in [0.2, 0.25) is 0 Å². The summed E-state index contributed by atoms with van der Waals surface area (Å²) in [5.41, 5.74) is 0. The van der Waals surface area contributed by atoms with Crippen LogP contribution in [0.5, 0.6) is 0 Å². The average molecular weight is 209 g/mol. The second kappa shape index (κ2) is 4.82. The van der Waals surface area contributed by atoms with Crippen molar-refractivity contribution in [1.29, 1.82) is 0 Å². The lowest BCUT2D eigenvalue weighted by atomic mass is 10.0. The van der Waals surface area contributed by atoms with Gasteiger partial charge in [-0.2, -0.15) is 0 Å². The van der Waals surface area contributed by atoms with E-state index in [1.807, 2.05) is 18.2 Å². The Bertz CT molecular complexity index is 274. The normalized spacial score (nSPS) is 22.8. The largest absolute Gasteiger partial charge is 0.391 e. The second-order valence-corrected chi connectivity index (χ2v) is 4.63. The molecule has 1 aromatic rings. The Labute approximate surface area is 88.7 Å². The van der Waals surface area contributed by atoms with Crippen LogP contribution in [-0.2, 0) is 0 Å². The molecule has 2 N–H and O–H groups in total. The Morgan fingerprint density at radius 3 is 2.71 bits per heavy atom. The smallest absolute Gasteiger partial charge is 0.0787 e. The third kappa shape index (κ3) is 2.50. The summed E-state index contributed by atoms with van der Waals surface area (Å²) in [5, 5.41) is 13.0. The SMILES string of the molecule is O[C@H](CSc1ccccc1)[C@@H]1CCN1. The Hall–Kier alpha value is -0.510. The van der Waals surface area contributed by atoms with E-state index in [1.165, 1.54) is 4.90 Å². The summed E-state index contributed by atoms with van der Waals surface area (Å²) in [7, 11) is 0. The second-order valence-electron chi connectivity index (χ2n) is 3.54. The number of aliphatic hydroxyl groups excluding tert-OH is 1. The van der Waals surface area contributed by atoms with E-state index in [1.54, 1.807) is 11.8 Å². The molecule has 1 heterocycles. The first-order chi connectivity index (χ1) is 6.86. The van der Waals surface area contributed by atoms with Crippen molar-refractivity contribution < 1.29 is 5.11 Å². The third-order valence-electron chi connectivity index (χ3n) is 2.49. The Morgan fingerprint density at radius 1 is 1.43 bits per heavy atom. The van der Waals surface area contributed by atoms with Crippen LogP contribution < -0.4 is 5.32 Å². The molecule has 0 aliphatic carbocycles. The summed E-state index contributed by atoms with van der Waals surface area (Å²) >= 11 is 1.72. The summed E-state index contributed by atoms with van der Waals surface area (Å²) in [4.78, 5) is 1.23. The third-order valence-corrected chi connectivity index (χ3v) is 3.60. The van der Waals surface area contributed by atoms with Gasteiger partial charge in [-0.05, 0) is 25.1 Å². The van der Waals surface area contributed by atoms with E-state index < -0.39 is 0 Å². The molecule has 0 unspecified atom stereocenters. The van der Waals surface area contributed by atoms with Crippen LogP contribution >= 0.6 is 11.8 Å². The zero-order valence-corrected chi connectivity index (χ0v) is 8.83. The molecule has 2 rings (SSSR count). The van der Waals surface area contributed by atoms with Crippen molar-refractivity contribution in [2.75, 3.05) is 12.3 Å². The number of nitrogens with one attached hydrogen (secondary N) is 1. The molecule has 3 heteroatoms. The quantitative estimate of drug-likeness (QED) is 0.737. The van der Waals surface area contributed by atoms with Crippen molar-refractivity contribution in [2.45, 2.75) is 23.5 Å². The van der Waals surface area contributed by atoms with Gasteiger partial charge in [0.25, 0.3) is 0 Å². The van der Waals surface area contributed by atoms with Crippen molar-refractivity contribution >= 4 is 11.8 Å². The van der Waals surface area contributed by atoms with Crippen molar-refractivity contribution in [1.82, 2.24) is 5.32 Å². The summed E-state index contributed by atoms with van der Waals surface area (Å²) in [6.45, 7) is 1.05. The molecule has 0 radical (unpaired) electrons. The predicted molar refractivity (Wildman–Crippen MR) is 59.6 cm³/mol. The van der Waals surface area contributed by atoms with Gasteiger partial charge in [-0.25, -0.2) is 0 Å². The maximum atomic E-state index is 9.75. The molecule has 2 nitrogen and oxygen atoms in total. The molecular formula is C11H15NOS. The number of aliphatic hydroxyl groups is 1. The molecular weight excluding hydrogens is 194 g/mol. The Kier molecular flexibility index (Phi) is 3.45. The lowest BCUT2D eigenvalue weighted by molar-refractivity contribution is 0.115. The van der Waals surface area contributed by atoms with Gasteiger partial charge in [0.05, 0.1) is 6.10 Å². The van der Waals surface area contributed by atoms with Gasteiger partial charge < -0.3 is 10.4 Å². The van der Waals surface area contributed by atoms with Crippen molar-refractivity contribution in [2.24, 2.45) is 0 Å². The van der Waals surface area contributed by atoms with Gasteiger partial charge in [-0.3, -0.25) is 0 Å². The van der Waals surface area contributed by atoms with Crippen LogP contribution in [0.1, 0.15) is 6.42 Å². The molecule has 1 aliphatic heterocycles. The highest BCUT2D eigenvalue weighted by atomic mass is 32.2. The predicted octanol–water partition coefficient (Wildman–Crippen LogP) is 1.50. The number of rotatable bonds is 4. The van der Waals surface area contributed by atoms with E-state index in [9.17, 15) is 5.11 Å². The van der Waals surface area contributed by atoms with Gasteiger partial charge in [0.15, 0.2) is 0 Å². The highest BCUT2D eigenvalue weighted by Crippen LogP contribution is 2.20. The van der Waals surface area contributed by atoms with Crippen LogP contribution in [0, 0.1) is 0 Å². The van der Waals surface area contributed by atoms with Gasteiger partial charge in [0.1, 0.15) is 0 Å². The molecule has 1 aromatic carbocycles. The fourth-order valence-electron chi connectivity index (χ4n) is 1.45. The van der Waals surface area contributed by atoms with Crippen LogP contribution in [0.2, 0.25) is 0 Å². The molecule has 76 valence electrons. The molecule has 1 fully saturated rings. The minimum atomic E-state index is -0.214. The molecule has 2 atom stereocenters. The number of hydrogen-bond acceptors (Lipinski definition) is 3. The van der Waals surface area contributed by atoms with Crippen LogP contribution in [0.3, 0.4) is 0 Å². The van der Waals surface area contributed by atoms with E-state index in [2.05, 4.69) is 17.4 Å². The molecule has 1 aliphatic rings. The van der Waals surface area contributed by atoms with Gasteiger partial charge in [-0.1, -0.05) is 18.2 Å². The summed E-state index contributed by atoms with van der Waals surface area (Å²) in [5.74, 6) is 0.779. The summed E-state index contributed by atoms with van der Waals surface area (Å²) in [6, 6.07) is 10.5. The Morgan fingerprint density at radius 2 is 2.14 bits per heavy atom. The fourth-order valence-corrected chi connectivity index (χ4v) is 2.40. The van der Waals surface area contributed by atoms with Crippen LogP contribution in [0.25, 0.3) is 0 Å². The maximum Gasteiger partial charge on any atom is 0.0787 e. The molecule has 0 aromatic heterocycles. The topological polar surface area (TPSA) is 32.3 Å². The van der Waals surface area contributed by atoms with Crippen LogP contribution in [-0.4, -0.2) is 29.5 Å². The van der Waals surface area contributed by atoms with Crippen LogP contribution in [0.15, 0.2) is 35.2 Å².